The van der Waals surface area contributed by atoms with Gasteiger partial charge < -0.3 is 0 Å². The van der Waals surface area contributed by atoms with E-state index in [1.54, 1.807) is 19.6 Å². The molecule has 0 spiro atoms. The van der Waals surface area contributed by atoms with Crippen LogP contribution < -0.4 is 0 Å². The number of rotatable bonds is 4. The van der Waals surface area contributed by atoms with E-state index in [0.717, 1.165) is 0 Å². The summed E-state index contributed by atoms with van der Waals surface area (Å²) in [5.41, 5.74) is 0. The molecule has 0 aromatic carbocycles. The van der Waals surface area contributed by atoms with Crippen molar-refractivity contribution in [2.75, 3.05) is 0 Å². The highest BCUT2D eigenvalue weighted by molar-refractivity contribution is 7.71. The molecule has 1 rings (SSSR count). The summed E-state index contributed by atoms with van der Waals surface area (Å²) in [4.78, 5) is 0. The monoisotopic (exact) mass is 360 g/mol. The van der Waals surface area contributed by atoms with E-state index in [9.17, 15) is 13.7 Å². The minimum absolute atomic E-state index is 1.74. The molecule has 98 valence electrons. The molecule has 0 N–H and O–H groups in total. The maximum absolute atomic E-state index is 11.9. The van der Waals surface area contributed by atoms with Crippen LogP contribution in [0.5, 0.6) is 0 Å². The van der Waals surface area contributed by atoms with Crippen LogP contribution in [0.3, 0.4) is 0 Å². The summed E-state index contributed by atoms with van der Waals surface area (Å²) in [6.07, 6.45) is 0. The quantitative estimate of drug-likeness (QED) is 0.414. The molecular weight excluding hydrogens is 352 g/mol. The van der Waals surface area contributed by atoms with Crippen molar-refractivity contribution in [1.29, 1.82) is 0 Å². The van der Waals surface area contributed by atoms with Crippen LogP contribution >= 0.6 is 47.3 Å². The lowest BCUT2D eigenvalue weighted by Crippen LogP contribution is -2.21. The smallest absolute Gasteiger partial charge is 0.245 e. The molecule has 0 aromatic heterocycles. The van der Waals surface area contributed by atoms with E-state index < -0.39 is 36.7 Å². The Hall–Kier alpha value is 1.07. The first-order chi connectivity index (χ1) is 7.45. The Bertz CT molecular complexity index is 406. The zero-order valence-electron chi connectivity index (χ0n) is 8.96. The average molecular weight is 361 g/mol. The van der Waals surface area contributed by atoms with Crippen molar-refractivity contribution in [1.82, 2.24) is 0 Å². The fourth-order valence-electron chi connectivity index (χ4n) is 0.682. The van der Waals surface area contributed by atoms with Crippen molar-refractivity contribution in [2.45, 2.75) is 23.9 Å². The van der Waals surface area contributed by atoms with Gasteiger partial charge in [0.2, 0.25) is 0 Å². The van der Waals surface area contributed by atoms with Gasteiger partial charge in [-0.25, -0.2) is 4.57 Å². The number of hydrogen-bond acceptors (Lipinski definition) is 7. The Labute approximate surface area is 111 Å². The molecule has 13 heteroatoms. The Balaban J connectivity index is 2.78. The van der Waals surface area contributed by atoms with Crippen molar-refractivity contribution in [3.05, 3.63) is 0 Å². The molecule has 1 aliphatic rings. The van der Waals surface area contributed by atoms with Crippen molar-refractivity contribution in [3.8, 4) is 0 Å². The lowest BCUT2D eigenvalue weighted by molar-refractivity contribution is 0.317. The van der Waals surface area contributed by atoms with Gasteiger partial charge in [0, 0.05) is 9.13 Å². The first-order valence-electron chi connectivity index (χ1n) is 4.15. The van der Waals surface area contributed by atoms with Crippen molar-refractivity contribution in [3.63, 3.8) is 0 Å². The fourth-order valence-corrected chi connectivity index (χ4v) is 7.82. The molecule has 1 aliphatic heterocycles. The summed E-state index contributed by atoms with van der Waals surface area (Å²) in [5.74, 6) is 0. The third kappa shape index (κ3) is 4.29. The highest BCUT2D eigenvalue weighted by Crippen LogP contribution is 2.79. The van der Waals surface area contributed by atoms with Crippen LogP contribution in [-0.2, 0) is 31.1 Å². The van der Waals surface area contributed by atoms with Gasteiger partial charge in [0.15, 0.2) is 0 Å². The number of alkyl halides is 2. The number of halogens is 2. The molecule has 1 heterocycles. The lowest BCUT2D eigenvalue weighted by Gasteiger charge is -2.08. The van der Waals surface area contributed by atoms with Crippen molar-refractivity contribution >= 4 is 55.6 Å². The molecule has 17 heavy (non-hydrogen) atoms. The van der Waals surface area contributed by atoms with Crippen LogP contribution in [0, 0.1) is 0 Å². The van der Waals surface area contributed by atoms with Crippen LogP contribution in [0.4, 0.5) is 0 Å². The van der Waals surface area contributed by atoms with Crippen LogP contribution in [-0.4, -0.2) is 12.6 Å². The lowest BCUT2D eigenvalue weighted by atomic mass is 11.6. The zero-order valence-corrected chi connectivity index (χ0v) is 14.2. The van der Waals surface area contributed by atoms with Crippen LogP contribution in [0.15, 0.2) is 0 Å². The largest absolute Gasteiger partial charge is 0.710 e. The van der Waals surface area contributed by atoms with E-state index in [4.69, 9.17) is 27.4 Å². The molecule has 3 unspecified atom stereocenters. The van der Waals surface area contributed by atoms with E-state index in [-0.39, 0.29) is 0 Å². The normalized spacial score (nSPS) is 31.6. The number of hydrogen-bond donors (Lipinski definition) is 0. The molecule has 7 nitrogen and oxygen atoms in total. The minimum atomic E-state index is -4.33. The summed E-state index contributed by atoms with van der Waals surface area (Å²) in [7, 11) is -12.0. The van der Waals surface area contributed by atoms with E-state index in [1.807, 2.05) is 0 Å². The van der Waals surface area contributed by atoms with Gasteiger partial charge in [-0.2, -0.15) is 4.21 Å². The Morgan fingerprint density at radius 1 is 1.41 bits per heavy atom. The van der Waals surface area contributed by atoms with Crippen molar-refractivity contribution < 1.29 is 31.1 Å². The van der Waals surface area contributed by atoms with Gasteiger partial charge in [0.05, 0.1) is 0 Å². The van der Waals surface area contributed by atoms with Gasteiger partial charge in [0.25, 0.3) is 8.32 Å². The molecule has 0 saturated carbocycles. The molecule has 0 aliphatic carbocycles. The molecule has 0 radical (unpaired) electrons. The third-order valence-electron chi connectivity index (χ3n) is 1.20. The fraction of sp³-hybridized carbons (Fsp3) is 1.00. The summed E-state index contributed by atoms with van der Waals surface area (Å²) in [5, 5.41) is 0. The first kappa shape index (κ1) is 16.1. The van der Waals surface area contributed by atoms with Gasteiger partial charge >= 0.3 is 28.4 Å². The van der Waals surface area contributed by atoms with Gasteiger partial charge in [0.1, 0.15) is 0 Å². The minimum Gasteiger partial charge on any atom is -0.245 e. The van der Waals surface area contributed by atoms with E-state index in [2.05, 4.69) is 13.1 Å². The second-order valence-electron chi connectivity index (χ2n) is 3.89. The summed E-state index contributed by atoms with van der Waals surface area (Å²) < 4.78 is 50.0. The molecule has 0 aromatic rings. The Kier molecular flexibility index (Phi) is 4.95. The predicted molar refractivity (Wildman–Crippen MR) is 64.9 cm³/mol. The summed E-state index contributed by atoms with van der Waals surface area (Å²) in [6.45, 7) is 5.21. The van der Waals surface area contributed by atoms with Gasteiger partial charge in [-0.15, -0.1) is 0 Å². The topological polar surface area (TPSA) is 88.1 Å². The maximum Gasteiger partial charge on any atom is 0.710 e. The van der Waals surface area contributed by atoms with Gasteiger partial charge in [-0.3, -0.25) is 0 Å². The Morgan fingerprint density at radius 3 is 2.29 bits per heavy atom. The average Bonchev–Trinajstić information content (AvgIpc) is 2.13. The van der Waals surface area contributed by atoms with E-state index in [0.29, 0.717) is 0 Å². The molecular formula is C4H9Cl2O7P3Si+2. The van der Waals surface area contributed by atoms with Crippen LogP contribution in [0.2, 0.25) is 19.6 Å². The van der Waals surface area contributed by atoms with Crippen LogP contribution in [0.25, 0.3) is 0 Å². The zero-order chi connectivity index (χ0) is 13.5. The second-order valence-corrected chi connectivity index (χ2v) is 14.6. The first-order valence-corrected chi connectivity index (χ1v) is 12.1. The molecule has 0 bridgehead atoms. The van der Waals surface area contributed by atoms with Crippen molar-refractivity contribution in [2.24, 2.45) is 0 Å². The van der Waals surface area contributed by atoms with Crippen LogP contribution in [0.1, 0.15) is 0 Å². The van der Waals surface area contributed by atoms with E-state index in [1.165, 1.54) is 0 Å². The Morgan fingerprint density at radius 2 is 1.94 bits per heavy atom. The molecule has 3 atom stereocenters. The SMILES string of the molecule is C[Si](C)(C)O[P+](=O)OP1(=O)O[P+](=O)OC1(Cl)Cl. The summed E-state index contributed by atoms with van der Waals surface area (Å²) in [6, 6.07) is 0. The molecule has 1 saturated heterocycles. The predicted octanol–water partition coefficient (Wildman–Crippen LogP) is 4.50. The highest BCUT2D eigenvalue weighted by atomic mass is 35.5. The standard InChI is InChI=1S/C4H9Cl2O7P3Si/c1-17(2,3)13-15(8)12-16(9)4(5,6)10-14(7)11-16/h1-3H3/q+2. The maximum atomic E-state index is 11.9. The molecule has 0 amide bonds. The molecule has 1 fully saturated rings. The highest BCUT2D eigenvalue weighted by Gasteiger charge is 2.73. The summed E-state index contributed by atoms with van der Waals surface area (Å²) >= 11 is 10.9. The third-order valence-corrected chi connectivity index (χ3v) is 9.68. The second kappa shape index (κ2) is 5.21. The van der Waals surface area contributed by atoms with Gasteiger partial charge in [-0.1, -0.05) is 27.7 Å². The van der Waals surface area contributed by atoms with Gasteiger partial charge in [-0.05, 0) is 28.3 Å². The van der Waals surface area contributed by atoms with E-state index >= 15 is 0 Å².